The van der Waals surface area contributed by atoms with E-state index in [1.807, 2.05) is 23.0 Å². The molecule has 0 saturated carbocycles. The zero-order chi connectivity index (χ0) is 5.82. The van der Waals surface area contributed by atoms with Crippen molar-refractivity contribution in [1.29, 1.82) is 0 Å². The second kappa shape index (κ2) is 3.63. The van der Waals surface area contributed by atoms with Crippen LogP contribution in [0.5, 0.6) is 0 Å². The van der Waals surface area contributed by atoms with Crippen LogP contribution in [0.15, 0.2) is 0 Å². The number of hydrogen-bond acceptors (Lipinski definition) is 2. The fourth-order valence-electron chi connectivity index (χ4n) is 0.896. The van der Waals surface area contributed by atoms with Gasteiger partial charge in [-0.3, -0.25) is 0 Å². The van der Waals surface area contributed by atoms with Crippen LogP contribution in [0.4, 0.5) is 0 Å². The third kappa shape index (κ3) is 1.87. The molecule has 0 aromatic rings. The molecule has 0 spiro atoms. The summed E-state index contributed by atoms with van der Waals surface area (Å²) in [5.41, 5.74) is 0. The molecule has 48 valence electrons. The van der Waals surface area contributed by atoms with Crippen molar-refractivity contribution < 1.29 is 3.07 Å². The van der Waals surface area contributed by atoms with Crippen molar-refractivity contribution >= 4 is 23.0 Å². The van der Waals surface area contributed by atoms with Gasteiger partial charge in [-0.15, -0.1) is 0 Å². The quantitative estimate of drug-likeness (QED) is 0.677. The minimum atomic E-state index is 0.462. The summed E-state index contributed by atoms with van der Waals surface area (Å²) in [7, 11) is 0. The Morgan fingerprint density at radius 2 is 2.50 bits per heavy atom. The predicted molar refractivity (Wildman–Crippen MR) is 41.0 cm³/mol. The molecule has 1 fully saturated rings. The Morgan fingerprint density at radius 3 is 2.88 bits per heavy atom. The van der Waals surface area contributed by atoms with Gasteiger partial charge in [0.15, 0.2) is 0 Å². The van der Waals surface area contributed by atoms with E-state index < -0.39 is 0 Å². The smallest absolute Gasteiger partial charge is 0.110 e. The molecule has 0 amide bonds. The van der Waals surface area contributed by atoms with Crippen molar-refractivity contribution in [3.63, 3.8) is 0 Å². The summed E-state index contributed by atoms with van der Waals surface area (Å²) in [5, 5.41) is 3.26. The lowest BCUT2D eigenvalue weighted by molar-refractivity contribution is 0.230. The Labute approximate surface area is 63.7 Å². The van der Waals surface area contributed by atoms with Gasteiger partial charge in [-0.05, 0) is 19.4 Å². The van der Waals surface area contributed by atoms with Gasteiger partial charge in [0, 0.05) is 6.54 Å². The molecular weight excluding hydrogens is 217 g/mol. The largest absolute Gasteiger partial charge is 0.314 e. The zero-order valence-electron chi connectivity index (χ0n) is 4.69. The van der Waals surface area contributed by atoms with Crippen molar-refractivity contribution in [3.8, 4) is 0 Å². The first-order chi connectivity index (χ1) is 3.93. The van der Waals surface area contributed by atoms with Gasteiger partial charge in [-0.1, -0.05) is 0 Å². The van der Waals surface area contributed by atoms with E-state index in [0.29, 0.717) is 6.10 Å². The molecule has 1 aliphatic rings. The van der Waals surface area contributed by atoms with Crippen LogP contribution in [0, 0.1) is 0 Å². The lowest BCUT2D eigenvalue weighted by atomic mass is 10.1. The lowest BCUT2D eigenvalue weighted by Crippen LogP contribution is -2.33. The maximum Gasteiger partial charge on any atom is 0.110 e. The molecular formula is C5H10INO. The fourth-order valence-corrected chi connectivity index (χ4v) is 1.33. The third-order valence-electron chi connectivity index (χ3n) is 1.38. The number of hydrogen-bond donors (Lipinski definition) is 1. The molecule has 1 atom stereocenters. The summed E-state index contributed by atoms with van der Waals surface area (Å²) in [6.07, 6.45) is 2.94. The van der Waals surface area contributed by atoms with Crippen molar-refractivity contribution in [2.24, 2.45) is 0 Å². The van der Waals surface area contributed by atoms with Crippen LogP contribution < -0.4 is 5.32 Å². The van der Waals surface area contributed by atoms with E-state index >= 15 is 0 Å². The van der Waals surface area contributed by atoms with E-state index in [1.54, 1.807) is 0 Å². The molecule has 0 aliphatic carbocycles. The second-order valence-electron chi connectivity index (χ2n) is 2.06. The van der Waals surface area contributed by atoms with Crippen LogP contribution in [-0.2, 0) is 3.07 Å². The summed E-state index contributed by atoms with van der Waals surface area (Å²) in [4.78, 5) is 0. The van der Waals surface area contributed by atoms with Crippen LogP contribution in [0.2, 0.25) is 0 Å². The van der Waals surface area contributed by atoms with Gasteiger partial charge in [0.25, 0.3) is 0 Å². The van der Waals surface area contributed by atoms with Gasteiger partial charge in [-0.2, -0.15) is 0 Å². The molecule has 3 heteroatoms. The number of piperidine rings is 1. The first kappa shape index (κ1) is 6.77. The maximum atomic E-state index is 5.10. The van der Waals surface area contributed by atoms with Crippen LogP contribution in [0.1, 0.15) is 12.8 Å². The molecule has 1 heterocycles. The van der Waals surface area contributed by atoms with Gasteiger partial charge >= 0.3 is 0 Å². The van der Waals surface area contributed by atoms with E-state index in [4.69, 9.17) is 3.07 Å². The van der Waals surface area contributed by atoms with E-state index in [1.165, 1.54) is 12.8 Å². The fraction of sp³-hybridized carbons (Fsp3) is 1.00. The van der Waals surface area contributed by atoms with Crippen LogP contribution in [-0.4, -0.2) is 19.2 Å². The average Bonchev–Trinajstić information content (AvgIpc) is 1.90. The average molecular weight is 227 g/mol. The molecule has 8 heavy (non-hydrogen) atoms. The Morgan fingerprint density at radius 1 is 1.62 bits per heavy atom. The van der Waals surface area contributed by atoms with Crippen molar-refractivity contribution in [2.45, 2.75) is 18.9 Å². The number of halogens is 1. The van der Waals surface area contributed by atoms with E-state index in [9.17, 15) is 0 Å². The molecule has 1 unspecified atom stereocenters. The Kier molecular flexibility index (Phi) is 3.07. The van der Waals surface area contributed by atoms with Gasteiger partial charge in [0.2, 0.25) is 0 Å². The van der Waals surface area contributed by atoms with Crippen molar-refractivity contribution in [2.75, 3.05) is 13.1 Å². The lowest BCUT2D eigenvalue weighted by Gasteiger charge is -2.19. The molecule has 1 rings (SSSR count). The second-order valence-corrected chi connectivity index (χ2v) is 2.57. The standard InChI is InChI=1S/C5H10INO/c6-8-5-2-1-3-7-4-5/h5,7H,1-4H2. The minimum absolute atomic E-state index is 0.462. The molecule has 2 nitrogen and oxygen atoms in total. The topological polar surface area (TPSA) is 21.3 Å². The molecule has 1 aliphatic heterocycles. The highest BCUT2D eigenvalue weighted by Gasteiger charge is 2.10. The predicted octanol–water partition coefficient (Wildman–Crippen LogP) is 1.10. The zero-order valence-corrected chi connectivity index (χ0v) is 6.85. The first-order valence-electron chi connectivity index (χ1n) is 2.91. The molecule has 0 aromatic heterocycles. The summed E-state index contributed by atoms with van der Waals surface area (Å²) >= 11 is 1.97. The SMILES string of the molecule is IOC1CCCNC1. The Balaban J connectivity index is 2.13. The van der Waals surface area contributed by atoms with Gasteiger partial charge in [-0.25, -0.2) is 0 Å². The molecule has 1 saturated heterocycles. The van der Waals surface area contributed by atoms with Crippen LogP contribution >= 0.6 is 23.0 Å². The van der Waals surface area contributed by atoms with E-state index in [0.717, 1.165) is 13.1 Å². The number of rotatable bonds is 1. The summed E-state index contributed by atoms with van der Waals surface area (Å²) < 4.78 is 5.10. The van der Waals surface area contributed by atoms with Crippen molar-refractivity contribution in [1.82, 2.24) is 5.32 Å². The highest BCUT2D eigenvalue weighted by atomic mass is 127. The first-order valence-corrected chi connectivity index (χ1v) is 3.79. The molecule has 0 aromatic carbocycles. The van der Waals surface area contributed by atoms with Gasteiger partial charge < -0.3 is 8.38 Å². The summed E-state index contributed by atoms with van der Waals surface area (Å²) in [5.74, 6) is 0. The van der Waals surface area contributed by atoms with E-state index in [-0.39, 0.29) is 0 Å². The highest BCUT2D eigenvalue weighted by molar-refractivity contribution is 14.1. The number of nitrogens with one attached hydrogen (secondary N) is 1. The highest BCUT2D eigenvalue weighted by Crippen LogP contribution is 2.08. The normalized spacial score (nSPS) is 30.4. The monoisotopic (exact) mass is 227 g/mol. The van der Waals surface area contributed by atoms with Gasteiger partial charge in [0.05, 0.1) is 6.10 Å². The summed E-state index contributed by atoms with van der Waals surface area (Å²) in [6.45, 7) is 2.19. The van der Waals surface area contributed by atoms with E-state index in [2.05, 4.69) is 5.32 Å². The summed E-state index contributed by atoms with van der Waals surface area (Å²) in [6, 6.07) is 0. The maximum absolute atomic E-state index is 5.10. The van der Waals surface area contributed by atoms with Crippen molar-refractivity contribution in [3.05, 3.63) is 0 Å². The third-order valence-corrected chi connectivity index (χ3v) is 2.10. The van der Waals surface area contributed by atoms with Crippen LogP contribution in [0.25, 0.3) is 0 Å². The molecule has 0 radical (unpaired) electrons. The molecule has 0 bridgehead atoms. The van der Waals surface area contributed by atoms with Crippen LogP contribution in [0.3, 0.4) is 0 Å². The molecule has 1 N–H and O–H groups in total. The van der Waals surface area contributed by atoms with Gasteiger partial charge in [0.1, 0.15) is 23.0 Å². The minimum Gasteiger partial charge on any atom is -0.314 e. The Bertz CT molecular complexity index is 63.4. The Hall–Kier alpha value is 0.650.